The molecule has 2 aliphatic rings. The lowest BCUT2D eigenvalue weighted by Gasteiger charge is -2.29. The topological polar surface area (TPSA) is 90.0 Å². The number of amides is 3. The molecule has 1 heterocycles. The fourth-order valence-electron chi connectivity index (χ4n) is 2.74. The van der Waals surface area contributed by atoms with Crippen molar-refractivity contribution in [3.63, 3.8) is 0 Å². The summed E-state index contributed by atoms with van der Waals surface area (Å²) in [6.45, 7) is 2.35. The lowest BCUT2D eigenvalue weighted by molar-refractivity contribution is -0.157. The molecule has 1 aliphatic carbocycles. The Balaban J connectivity index is 2.00. The summed E-state index contributed by atoms with van der Waals surface area (Å²) >= 11 is 0. The quantitative estimate of drug-likeness (QED) is 0.283. The molecule has 0 unspecified atom stereocenters. The van der Waals surface area contributed by atoms with Gasteiger partial charge in [-0.3, -0.25) is 19.6 Å². The first-order valence-corrected chi connectivity index (χ1v) is 8.25. The average molecular weight is 323 g/mol. The van der Waals surface area contributed by atoms with Gasteiger partial charge in [0.15, 0.2) is 0 Å². The summed E-state index contributed by atoms with van der Waals surface area (Å²) in [6.07, 6.45) is 8.15. The third kappa shape index (κ3) is 4.79. The van der Waals surface area contributed by atoms with E-state index in [0.29, 0.717) is 24.4 Å². The number of carbonyl (C=O) groups excluding carboxylic acids is 3. The van der Waals surface area contributed by atoms with Crippen molar-refractivity contribution in [2.24, 2.45) is 5.92 Å². The smallest absolute Gasteiger partial charge is 0.247 e. The Hall–Kier alpha value is -1.89. The van der Waals surface area contributed by atoms with Gasteiger partial charge in [0.05, 0.1) is 12.5 Å². The van der Waals surface area contributed by atoms with Crippen molar-refractivity contribution in [2.45, 2.75) is 51.1 Å². The minimum absolute atomic E-state index is 0.0458. The van der Waals surface area contributed by atoms with Crippen LogP contribution in [0.5, 0.6) is 0 Å². The lowest BCUT2D eigenvalue weighted by Crippen LogP contribution is -2.50. The highest BCUT2D eigenvalue weighted by Gasteiger charge is 2.36. The molecule has 128 valence electrons. The third-order valence-electron chi connectivity index (χ3n) is 4.22. The highest BCUT2D eigenvalue weighted by Crippen LogP contribution is 2.22. The van der Waals surface area contributed by atoms with Crippen LogP contribution in [0.25, 0.3) is 0 Å². The Morgan fingerprint density at radius 2 is 2.22 bits per heavy atom. The summed E-state index contributed by atoms with van der Waals surface area (Å²) in [5.41, 5.74) is 0. The van der Waals surface area contributed by atoms with Gasteiger partial charge in [-0.1, -0.05) is 31.9 Å². The van der Waals surface area contributed by atoms with Gasteiger partial charge in [-0.05, 0) is 19.3 Å². The molecule has 7 heteroatoms. The monoisotopic (exact) mass is 323 g/mol. The van der Waals surface area contributed by atoms with Gasteiger partial charge < -0.3 is 10.2 Å². The molecule has 2 rings (SSSR count). The van der Waals surface area contributed by atoms with Crippen molar-refractivity contribution >= 4 is 18.2 Å². The Bertz CT molecular complexity index is 476. The summed E-state index contributed by atoms with van der Waals surface area (Å²) in [4.78, 5) is 37.2. The van der Waals surface area contributed by atoms with Gasteiger partial charge >= 0.3 is 0 Å². The molecule has 0 aromatic carbocycles. The van der Waals surface area contributed by atoms with Crippen LogP contribution in [-0.4, -0.2) is 58.6 Å². The first kappa shape index (κ1) is 17.5. The predicted octanol–water partition coefficient (Wildman–Crippen LogP) is 0.686. The molecule has 0 spiro atoms. The van der Waals surface area contributed by atoms with Crippen LogP contribution >= 0.6 is 0 Å². The first-order chi connectivity index (χ1) is 11.1. The standard InChI is InChI=1S/C16H25N3O4/c1-2-3-5-12(10-18(23)11-20)16(22)19-9-4-6-14(19)15(21)17-13-7-8-13/h4,6,11-14,23H,2-3,5,7-10H2,1H3,(H,17,21)/t12-,14+/m1/s1. The molecule has 3 amide bonds. The van der Waals surface area contributed by atoms with Crippen molar-refractivity contribution in [3.05, 3.63) is 12.2 Å². The molecule has 2 atom stereocenters. The van der Waals surface area contributed by atoms with Crippen molar-refractivity contribution < 1.29 is 19.6 Å². The molecule has 7 nitrogen and oxygen atoms in total. The van der Waals surface area contributed by atoms with E-state index in [1.165, 1.54) is 4.90 Å². The number of nitrogens with one attached hydrogen (secondary N) is 1. The second-order valence-electron chi connectivity index (χ2n) is 6.21. The fourth-order valence-corrected chi connectivity index (χ4v) is 2.74. The highest BCUT2D eigenvalue weighted by atomic mass is 16.5. The van der Waals surface area contributed by atoms with E-state index < -0.39 is 12.0 Å². The summed E-state index contributed by atoms with van der Waals surface area (Å²) in [6, 6.07) is -0.345. The zero-order valence-corrected chi connectivity index (χ0v) is 13.5. The number of nitrogens with zero attached hydrogens (tertiary/aromatic N) is 2. The fraction of sp³-hybridized carbons (Fsp3) is 0.688. The van der Waals surface area contributed by atoms with Crippen LogP contribution in [0, 0.1) is 5.92 Å². The molecule has 0 aromatic heterocycles. The van der Waals surface area contributed by atoms with Crippen LogP contribution in [-0.2, 0) is 14.4 Å². The van der Waals surface area contributed by atoms with Crippen LogP contribution < -0.4 is 5.32 Å². The zero-order valence-electron chi connectivity index (χ0n) is 13.5. The normalized spacial score (nSPS) is 21.1. The molecule has 0 bridgehead atoms. The van der Waals surface area contributed by atoms with E-state index in [4.69, 9.17) is 0 Å². The van der Waals surface area contributed by atoms with Crippen LogP contribution in [0.1, 0.15) is 39.0 Å². The van der Waals surface area contributed by atoms with Crippen molar-refractivity contribution in [1.29, 1.82) is 0 Å². The first-order valence-electron chi connectivity index (χ1n) is 8.25. The number of hydroxylamine groups is 2. The van der Waals surface area contributed by atoms with Gasteiger partial charge in [0.2, 0.25) is 18.2 Å². The number of hydrogen-bond acceptors (Lipinski definition) is 4. The largest absolute Gasteiger partial charge is 0.351 e. The van der Waals surface area contributed by atoms with Gasteiger partial charge in [0.1, 0.15) is 6.04 Å². The maximum atomic E-state index is 12.8. The summed E-state index contributed by atoms with van der Waals surface area (Å²) in [5, 5.41) is 12.8. The summed E-state index contributed by atoms with van der Waals surface area (Å²) < 4.78 is 0. The van der Waals surface area contributed by atoms with Gasteiger partial charge in [0.25, 0.3) is 0 Å². The number of unbranched alkanes of at least 4 members (excludes halogenated alkanes) is 1. The molecule has 0 radical (unpaired) electrons. The van der Waals surface area contributed by atoms with E-state index in [1.54, 1.807) is 6.08 Å². The van der Waals surface area contributed by atoms with Gasteiger partial charge in [-0.15, -0.1) is 0 Å². The van der Waals surface area contributed by atoms with E-state index in [1.807, 2.05) is 13.0 Å². The predicted molar refractivity (Wildman–Crippen MR) is 83.4 cm³/mol. The molecular formula is C16H25N3O4. The molecule has 1 saturated carbocycles. The average Bonchev–Trinajstić information content (AvgIpc) is 3.22. The van der Waals surface area contributed by atoms with Crippen LogP contribution in [0.15, 0.2) is 12.2 Å². The number of carbonyl (C=O) groups is 3. The maximum absolute atomic E-state index is 12.8. The molecular weight excluding hydrogens is 298 g/mol. The Labute approximate surface area is 136 Å². The second kappa shape index (κ2) is 8.10. The number of hydrogen-bond donors (Lipinski definition) is 2. The SMILES string of the molecule is CCCC[C@H](CN(O)C=O)C(=O)N1CC=C[C@H]1C(=O)NC1CC1. The van der Waals surface area contributed by atoms with Crippen molar-refractivity contribution in [2.75, 3.05) is 13.1 Å². The molecule has 2 N–H and O–H groups in total. The summed E-state index contributed by atoms with van der Waals surface area (Å²) in [5.74, 6) is -0.846. The van der Waals surface area contributed by atoms with Crippen molar-refractivity contribution in [3.8, 4) is 0 Å². The van der Waals surface area contributed by atoms with E-state index in [9.17, 15) is 19.6 Å². The van der Waals surface area contributed by atoms with Crippen LogP contribution in [0.2, 0.25) is 0 Å². The van der Waals surface area contributed by atoms with E-state index in [0.717, 1.165) is 25.7 Å². The Morgan fingerprint density at radius 3 is 2.83 bits per heavy atom. The van der Waals surface area contributed by atoms with Crippen molar-refractivity contribution in [1.82, 2.24) is 15.3 Å². The molecule has 1 fully saturated rings. The minimum atomic E-state index is -0.587. The molecule has 0 saturated heterocycles. The van der Waals surface area contributed by atoms with Gasteiger partial charge in [0, 0.05) is 12.6 Å². The molecule has 0 aromatic rings. The Morgan fingerprint density at radius 1 is 1.48 bits per heavy atom. The molecule has 1 aliphatic heterocycles. The zero-order chi connectivity index (χ0) is 16.8. The highest BCUT2D eigenvalue weighted by molar-refractivity contribution is 5.91. The van der Waals surface area contributed by atoms with E-state index in [2.05, 4.69) is 5.32 Å². The van der Waals surface area contributed by atoms with Crippen LogP contribution in [0.4, 0.5) is 0 Å². The van der Waals surface area contributed by atoms with Gasteiger partial charge in [-0.25, -0.2) is 5.06 Å². The third-order valence-corrected chi connectivity index (χ3v) is 4.22. The maximum Gasteiger partial charge on any atom is 0.247 e. The summed E-state index contributed by atoms with van der Waals surface area (Å²) in [7, 11) is 0. The van der Waals surface area contributed by atoms with E-state index in [-0.39, 0.29) is 24.4 Å². The lowest BCUT2D eigenvalue weighted by atomic mass is 9.99. The minimum Gasteiger partial charge on any atom is -0.351 e. The van der Waals surface area contributed by atoms with Gasteiger partial charge in [-0.2, -0.15) is 0 Å². The number of rotatable bonds is 9. The second-order valence-corrected chi connectivity index (χ2v) is 6.21. The van der Waals surface area contributed by atoms with E-state index >= 15 is 0 Å². The Kier molecular flexibility index (Phi) is 6.15. The van der Waals surface area contributed by atoms with Crippen LogP contribution in [0.3, 0.4) is 0 Å². The molecule has 23 heavy (non-hydrogen) atoms.